The molecule has 1 aliphatic rings. The predicted molar refractivity (Wildman–Crippen MR) is 102 cm³/mol. The second-order valence-corrected chi connectivity index (χ2v) is 8.14. The van der Waals surface area contributed by atoms with Crippen molar-refractivity contribution in [3.05, 3.63) is 58.6 Å². The van der Waals surface area contributed by atoms with Gasteiger partial charge in [0.05, 0.1) is 32.2 Å². The maximum atomic E-state index is 12.3. The van der Waals surface area contributed by atoms with Gasteiger partial charge in [0, 0.05) is 28.6 Å². The van der Waals surface area contributed by atoms with Gasteiger partial charge >= 0.3 is 0 Å². The van der Waals surface area contributed by atoms with E-state index in [0.717, 1.165) is 16.2 Å². The molecule has 2 aromatic rings. The number of nitrogens with zero attached hydrogens (tertiary/aromatic N) is 2. The van der Waals surface area contributed by atoms with E-state index in [0.29, 0.717) is 34.2 Å². The van der Waals surface area contributed by atoms with Crippen molar-refractivity contribution in [2.45, 2.75) is 12.5 Å². The Morgan fingerprint density at radius 2 is 1.88 bits per heavy atom. The fraction of sp³-hybridized carbons (Fsp3) is 0.278. The topological polar surface area (TPSA) is 68.2 Å². The second kappa shape index (κ2) is 7.17. The van der Waals surface area contributed by atoms with Crippen LogP contribution < -0.4 is 9.47 Å². The maximum Gasteiger partial charge on any atom is 0.247 e. The van der Waals surface area contributed by atoms with Gasteiger partial charge in [0.25, 0.3) is 0 Å². The van der Waals surface area contributed by atoms with Gasteiger partial charge in [0.1, 0.15) is 11.5 Å². The molecule has 0 aliphatic carbocycles. The molecule has 0 aromatic heterocycles. The minimum atomic E-state index is -3.58. The average molecular weight is 395 g/mol. The normalized spacial score (nSPS) is 17.2. The zero-order chi connectivity index (χ0) is 18.9. The lowest BCUT2D eigenvalue weighted by molar-refractivity contribution is 0.348. The number of rotatable bonds is 5. The lowest BCUT2D eigenvalue weighted by Gasteiger charge is -2.23. The van der Waals surface area contributed by atoms with Crippen LogP contribution in [0.15, 0.2) is 47.6 Å². The minimum Gasteiger partial charge on any atom is -0.497 e. The highest BCUT2D eigenvalue weighted by Gasteiger charge is 2.36. The number of hydrazone groups is 1. The van der Waals surface area contributed by atoms with Gasteiger partial charge in [-0.15, -0.1) is 0 Å². The molecule has 138 valence electrons. The third-order valence-electron chi connectivity index (χ3n) is 4.20. The Hall–Kier alpha value is -2.25. The van der Waals surface area contributed by atoms with Crippen LogP contribution in [0, 0.1) is 0 Å². The fourth-order valence-corrected chi connectivity index (χ4v) is 4.12. The molecule has 0 bridgehead atoms. The zero-order valence-electron chi connectivity index (χ0n) is 14.6. The summed E-state index contributed by atoms with van der Waals surface area (Å²) in [5.74, 6) is 1.17. The van der Waals surface area contributed by atoms with E-state index in [4.69, 9.17) is 21.1 Å². The summed E-state index contributed by atoms with van der Waals surface area (Å²) in [5.41, 5.74) is 2.05. The number of hydrogen-bond donors (Lipinski definition) is 0. The maximum absolute atomic E-state index is 12.3. The van der Waals surface area contributed by atoms with E-state index >= 15 is 0 Å². The summed E-state index contributed by atoms with van der Waals surface area (Å²) in [6.07, 6.45) is 1.52. The average Bonchev–Trinajstić information content (AvgIpc) is 3.06. The van der Waals surface area contributed by atoms with Gasteiger partial charge in [-0.2, -0.15) is 9.52 Å². The van der Waals surface area contributed by atoms with E-state index in [1.165, 1.54) is 7.11 Å². The van der Waals surface area contributed by atoms with Gasteiger partial charge in [-0.3, -0.25) is 0 Å². The van der Waals surface area contributed by atoms with Crippen molar-refractivity contribution in [2.75, 3.05) is 20.5 Å². The van der Waals surface area contributed by atoms with Crippen molar-refractivity contribution in [1.82, 2.24) is 4.41 Å². The van der Waals surface area contributed by atoms with E-state index in [9.17, 15) is 8.42 Å². The molecule has 2 aromatic carbocycles. The Labute approximate surface area is 158 Å². The molecule has 8 heteroatoms. The standard InChI is InChI=1S/C18H19ClN2O4S/c1-24-12-8-9-14(18(10-12)25-2)17-11-16(20-21(17)26(3,22)23)13-6-4-5-7-15(13)19/h4-10,17H,11H2,1-3H3. The van der Waals surface area contributed by atoms with Crippen molar-refractivity contribution in [2.24, 2.45) is 5.10 Å². The molecule has 0 saturated carbocycles. The second-order valence-electron chi connectivity index (χ2n) is 5.89. The molecule has 26 heavy (non-hydrogen) atoms. The number of sulfonamides is 1. The Bertz CT molecular complexity index is 959. The summed E-state index contributed by atoms with van der Waals surface area (Å²) in [6, 6.07) is 12.0. The van der Waals surface area contributed by atoms with Crippen LogP contribution in [-0.4, -0.2) is 39.0 Å². The molecular formula is C18H19ClN2O4S. The van der Waals surface area contributed by atoms with Crippen LogP contribution >= 0.6 is 11.6 Å². The van der Waals surface area contributed by atoms with E-state index in [1.807, 2.05) is 18.2 Å². The van der Waals surface area contributed by atoms with Gasteiger partial charge in [0.15, 0.2) is 0 Å². The first-order valence-corrected chi connectivity index (χ1v) is 10.1. The van der Waals surface area contributed by atoms with Crippen LogP contribution in [0.3, 0.4) is 0 Å². The number of ether oxygens (including phenoxy) is 2. The molecule has 6 nitrogen and oxygen atoms in total. The summed E-state index contributed by atoms with van der Waals surface area (Å²) in [5, 5.41) is 4.89. The van der Waals surface area contributed by atoms with Crippen LogP contribution in [0.25, 0.3) is 0 Å². The molecule has 0 fully saturated rings. The lowest BCUT2D eigenvalue weighted by Crippen LogP contribution is -2.26. The SMILES string of the molecule is COc1ccc(C2CC(c3ccccc3Cl)=NN2S(C)(=O)=O)c(OC)c1. The molecule has 1 unspecified atom stereocenters. The molecule has 0 saturated heterocycles. The first-order valence-electron chi connectivity index (χ1n) is 7.89. The first kappa shape index (κ1) is 18.5. The fourth-order valence-electron chi connectivity index (χ4n) is 2.98. The number of halogens is 1. The molecule has 1 aliphatic heterocycles. The molecule has 1 heterocycles. The summed E-state index contributed by atoms with van der Waals surface area (Å²) < 4.78 is 36.4. The quantitative estimate of drug-likeness (QED) is 0.778. The molecule has 0 N–H and O–H groups in total. The van der Waals surface area contributed by atoms with E-state index < -0.39 is 16.1 Å². The van der Waals surface area contributed by atoms with Crippen LogP contribution in [-0.2, 0) is 10.0 Å². The molecular weight excluding hydrogens is 376 g/mol. The highest BCUT2D eigenvalue weighted by atomic mass is 35.5. The van der Waals surface area contributed by atoms with Gasteiger partial charge in [0.2, 0.25) is 10.0 Å². The Balaban J connectivity index is 2.07. The molecule has 1 atom stereocenters. The van der Waals surface area contributed by atoms with Gasteiger partial charge < -0.3 is 9.47 Å². The summed E-state index contributed by atoms with van der Waals surface area (Å²) in [6.45, 7) is 0. The van der Waals surface area contributed by atoms with Crippen LogP contribution in [0.1, 0.15) is 23.6 Å². The Kier molecular flexibility index (Phi) is 5.11. The largest absolute Gasteiger partial charge is 0.497 e. The predicted octanol–water partition coefficient (Wildman–Crippen LogP) is 3.47. The molecule has 0 spiro atoms. The summed E-state index contributed by atoms with van der Waals surface area (Å²) in [4.78, 5) is 0. The third-order valence-corrected chi connectivity index (χ3v) is 5.54. The molecule has 3 rings (SSSR count). The summed E-state index contributed by atoms with van der Waals surface area (Å²) >= 11 is 6.27. The highest BCUT2D eigenvalue weighted by Crippen LogP contribution is 2.40. The van der Waals surface area contributed by atoms with Gasteiger partial charge in [-0.05, 0) is 18.2 Å². The molecule has 0 radical (unpaired) electrons. The van der Waals surface area contributed by atoms with Crippen molar-refractivity contribution >= 4 is 27.3 Å². The Morgan fingerprint density at radius 3 is 2.50 bits per heavy atom. The van der Waals surface area contributed by atoms with Crippen LogP contribution in [0.4, 0.5) is 0 Å². The number of benzene rings is 2. The number of methoxy groups -OCH3 is 2. The smallest absolute Gasteiger partial charge is 0.247 e. The van der Waals surface area contributed by atoms with E-state index in [1.54, 1.807) is 31.4 Å². The minimum absolute atomic E-state index is 0.388. The van der Waals surface area contributed by atoms with Crippen LogP contribution in [0.5, 0.6) is 11.5 Å². The zero-order valence-corrected chi connectivity index (χ0v) is 16.2. The van der Waals surface area contributed by atoms with Gasteiger partial charge in [-0.1, -0.05) is 29.8 Å². The van der Waals surface area contributed by atoms with E-state index in [2.05, 4.69) is 5.10 Å². The van der Waals surface area contributed by atoms with E-state index in [-0.39, 0.29) is 0 Å². The van der Waals surface area contributed by atoms with Crippen molar-refractivity contribution < 1.29 is 17.9 Å². The third kappa shape index (κ3) is 3.50. The van der Waals surface area contributed by atoms with Crippen molar-refractivity contribution in [3.8, 4) is 11.5 Å². The van der Waals surface area contributed by atoms with Crippen molar-refractivity contribution in [3.63, 3.8) is 0 Å². The first-order chi connectivity index (χ1) is 12.3. The number of hydrogen-bond acceptors (Lipinski definition) is 5. The Morgan fingerprint density at radius 1 is 1.15 bits per heavy atom. The highest BCUT2D eigenvalue weighted by molar-refractivity contribution is 7.88. The van der Waals surface area contributed by atoms with Crippen LogP contribution in [0.2, 0.25) is 5.02 Å². The lowest BCUT2D eigenvalue weighted by atomic mass is 9.98. The monoisotopic (exact) mass is 394 g/mol. The molecule has 0 amide bonds. The summed E-state index contributed by atoms with van der Waals surface area (Å²) in [7, 11) is -0.482. The van der Waals surface area contributed by atoms with Gasteiger partial charge in [-0.25, -0.2) is 8.42 Å². The van der Waals surface area contributed by atoms with Crippen molar-refractivity contribution in [1.29, 1.82) is 0 Å².